The average Bonchev–Trinajstić information content (AvgIpc) is 2.52. The van der Waals surface area contributed by atoms with Crippen LogP contribution in [0.25, 0.3) is 0 Å². The number of thioether (sulfide) groups is 1. The Morgan fingerprint density at radius 1 is 1.71 bits per heavy atom. The largest absolute Gasteiger partial charge is 0.480 e. The summed E-state index contributed by atoms with van der Waals surface area (Å²) in [5.74, 6) is -0.258. The third-order valence-electron chi connectivity index (χ3n) is 2.06. The van der Waals surface area contributed by atoms with E-state index < -0.39 is 12.0 Å². The molecule has 1 aliphatic heterocycles. The minimum absolute atomic E-state index is 0.0227. The average molecular weight is 235 g/mol. The van der Waals surface area contributed by atoms with Gasteiger partial charge in [0.25, 0.3) is 0 Å². The second-order valence-electron chi connectivity index (χ2n) is 3.24. The van der Waals surface area contributed by atoms with Crippen LogP contribution in [0.4, 0.5) is 0 Å². The summed E-state index contributed by atoms with van der Waals surface area (Å²) in [5.41, 5.74) is 0. The normalized spacial score (nSPS) is 28.7. The van der Waals surface area contributed by atoms with Gasteiger partial charge in [-0.25, -0.2) is 0 Å². The molecule has 1 aliphatic rings. The van der Waals surface area contributed by atoms with Crippen molar-refractivity contribution in [3.05, 3.63) is 0 Å². The van der Waals surface area contributed by atoms with E-state index in [0.29, 0.717) is 12.2 Å². The van der Waals surface area contributed by atoms with Crippen LogP contribution in [0.5, 0.6) is 0 Å². The third kappa shape index (κ3) is 3.18. The molecule has 1 saturated heterocycles. The van der Waals surface area contributed by atoms with Gasteiger partial charge in [-0.15, -0.1) is 11.8 Å². The molecule has 2 unspecified atom stereocenters. The molecule has 14 heavy (non-hydrogen) atoms. The summed E-state index contributed by atoms with van der Waals surface area (Å²) in [4.78, 5) is 21.5. The van der Waals surface area contributed by atoms with E-state index in [9.17, 15) is 9.59 Å². The topological polar surface area (TPSA) is 66.4 Å². The molecular weight excluding hydrogens is 222 g/mol. The Balaban J connectivity index is 2.36. The first-order valence-corrected chi connectivity index (χ1v) is 5.86. The zero-order valence-corrected chi connectivity index (χ0v) is 9.48. The number of carbonyl (C=O) groups is 2. The summed E-state index contributed by atoms with van der Waals surface area (Å²) < 4.78 is 0. The van der Waals surface area contributed by atoms with E-state index in [1.165, 1.54) is 18.7 Å². The van der Waals surface area contributed by atoms with Gasteiger partial charge in [0.05, 0.1) is 10.6 Å². The Morgan fingerprint density at radius 3 is 2.79 bits per heavy atom. The van der Waals surface area contributed by atoms with Gasteiger partial charge in [-0.05, 0) is 13.3 Å². The maximum atomic E-state index is 10.9. The van der Waals surface area contributed by atoms with Crippen LogP contribution in [0.1, 0.15) is 13.3 Å². The van der Waals surface area contributed by atoms with E-state index in [4.69, 9.17) is 5.11 Å². The molecule has 6 heteroatoms. The van der Waals surface area contributed by atoms with E-state index in [2.05, 4.69) is 17.9 Å². The van der Waals surface area contributed by atoms with E-state index in [1.807, 2.05) is 0 Å². The molecule has 0 bridgehead atoms. The Kier molecular flexibility index (Phi) is 4.28. The van der Waals surface area contributed by atoms with Crippen molar-refractivity contribution in [1.29, 1.82) is 0 Å². The molecule has 3 atom stereocenters. The SMILES string of the molecule is CC(=O)C(S)CC1N[C@H](C(=O)O)CS1. The molecule has 1 rings (SSSR count). The molecule has 0 aromatic heterocycles. The van der Waals surface area contributed by atoms with Crippen molar-refractivity contribution in [3.63, 3.8) is 0 Å². The second-order valence-corrected chi connectivity index (χ2v) is 5.10. The van der Waals surface area contributed by atoms with Gasteiger partial charge in [0, 0.05) is 5.75 Å². The van der Waals surface area contributed by atoms with E-state index in [-0.39, 0.29) is 16.4 Å². The lowest BCUT2D eigenvalue weighted by molar-refractivity contribution is -0.138. The molecule has 0 aromatic rings. The molecule has 0 spiro atoms. The van der Waals surface area contributed by atoms with Crippen molar-refractivity contribution in [1.82, 2.24) is 5.32 Å². The summed E-state index contributed by atoms with van der Waals surface area (Å²) >= 11 is 5.66. The number of rotatable bonds is 4. The first-order chi connectivity index (χ1) is 6.50. The zero-order valence-electron chi connectivity index (χ0n) is 7.77. The number of ketones is 1. The number of aliphatic carboxylic acids is 1. The number of Topliss-reactive ketones (excluding diaryl/α,β-unsaturated/α-hetero) is 1. The summed E-state index contributed by atoms with van der Waals surface area (Å²) in [5, 5.41) is 11.4. The first-order valence-electron chi connectivity index (χ1n) is 4.29. The predicted molar refractivity (Wildman–Crippen MR) is 58.9 cm³/mol. The molecule has 1 heterocycles. The van der Waals surface area contributed by atoms with Gasteiger partial charge >= 0.3 is 5.97 Å². The maximum Gasteiger partial charge on any atom is 0.321 e. The van der Waals surface area contributed by atoms with Gasteiger partial charge in [-0.3, -0.25) is 14.9 Å². The van der Waals surface area contributed by atoms with Crippen molar-refractivity contribution < 1.29 is 14.7 Å². The van der Waals surface area contributed by atoms with E-state index in [0.717, 1.165) is 0 Å². The summed E-state index contributed by atoms with van der Waals surface area (Å²) in [7, 11) is 0. The first kappa shape index (κ1) is 11.9. The van der Waals surface area contributed by atoms with Gasteiger partial charge in [0.15, 0.2) is 0 Å². The molecule has 4 nitrogen and oxygen atoms in total. The number of nitrogens with one attached hydrogen (secondary N) is 1. The number of hydrogen-bond donors (Lipinski definition) is 3. The monoisotopic (exact) mass is 235 g/mol. The highest BCUT2D eigenvalue weighted by Gasteiger charge is 2.30. The fourth-order valence-electron chi connectivity index (χ4n) is 1.18. The highest BCUT2D eigenvalue weighted by atomic mass is 32.2. The smallest absolute Gasteiger partial charge is 0.321 e. The highest BCUT2D eigenvalue weighted by Crippen LogP contribution is 2.24. The van der Waals surface area contributed by atoms with Crippen molar-refractivity contribution in [2.75, 3.05) is 5.75 Å². The lowest BCUT2D eigenvalue weighted by Gasteiger charge is -2.13. The Morgan fingerprint density at radius 2 is 2.36 bits per heavy atom. The van der Waals surface area contributed by atoms with Crippen LogP contribution < -0.4 is 5.32 Å². The quantitative estimate of drug-likeness (QED) is 0.615. The van der Waals surface area contributed by atoms with Crippen LogP contribution in [0.3, 0.4) is 0 Å². The molecule has 0 aromatic carbocycles. The molecule has 1 fully saturated rings. The molecule has 0 saturated carbocycles. The molecule has 0 amide bonds. The van der Waals surface area contributed by atoms with Crippen molar-refractivity contribution in [2.24, 2.45) is 0 Å². The fourth-order valence-corrected chi connectivity index (χ4v) is 2.79. The van der Waals surface area contributed by atoms with Gasteiger partial charge in [0.2, 0.25) is 0 Å². The number of hydrogen-bond acceptors (Lipinski definition) is 5. The zero-order chi connectivity index (χ0) is 10.7. The lowest BCUT2D eigenvalue weighted by atomic mass is 10.2. The maximum absolute atomic E-state index is 10.9. The lowest BCUT2D eigenvalue weighted by Crippen LogP contribution is -2.37. The van der Waals surface area contributed by atoms with Crippen LogP contribution in [0.15, 0.2) is 0 Å². The predicted octanol–water partition coefficient (Wildman–Crippen LogP) is 0.380. The third-order valence-corrected chi connectivity index (χ3v) is 3.89. The number of carboxylic acid groups (broad SMARTS) is 1. The van der Waals surface area contributed by atoms with Gasteiger partial charge in [-0.2, -0.15) is 12.6 Å². The van der Waals surface area contributed by atoms with Crippen LogP contribution in [0.2, 0.25) is 0 Å². The standard InChI is InChI=1S/C8H13NO3S2/c1-4(10)6(13)2-7-9-5(3-14-7)8(11)12/h5-7,9,13H,2-3H2,1H3,(H,11,12)/t5-,6?,7?/m0/s1. The van der Waals surface area contributed by atoms with Crippen molar-refractivity contribution >= 4 is 36.1 Å². The number of thiol groups is 1. The minimum Gasteiger partial charge on any atom is -0.480 e. The highest BCUT2D eigenvalue weighted by molar-refractivity contribution is 8.00. The molecule has 2 N–H and O–H groups in total. The van der Waals surface area contributed by atoms with Crippen LogP contribution in [0, 0.1) is 0 Å². The fraction of sp³-hybridized carbons (Fsp3) is 0.750. The van der Waals surface area contributed by atoms with Gasteiger partial charge in [-0.1, -0.05) is 0 Å². The molecular formula is C8H13NO3S2. The molecule has 0 radical (unpaired) electrons. The number of carboxylic acids is 1. The van der Waals surface area contributed by atoms with Gasteiger partial charge < -0.3 is 5.11 Å². The van der Waals surface area contributed by atoms with E-state index >= 15 is 0 Å². The van der Waals surface area contributed by atoms with Crippen LogP contribution >= 0.6 is 24.4 Å². The van der Waals surface area contributed by atoms with Crippen LogP contribution in [-0.4, -0.2) is 39.3 Å². The van der Waals surface area contributed by atoms with Gasteiger partial charge in [0.1, 0.15) is 11.8 Å². The van der Waals surface area contributed by atoms with Crippen molar-refractivity contribution in [2.45, 2.75) is 30.0 Å². The summed E-state index contributed by atoms with van der Waals surface area (Å²) in [6.45, 7) is 1.49. The van der Waals surface area contributed by atoms with E-state index in [1.54, 1.807) is 0 Å². The number of carbonyl (C=O) groups excluding carboxylic acids is 1. The van der Waals surface area contributed by atoms with Crippen molar-refractivity contribution in [3.8, 4) is 0 Å². The second kappa shape index (κ2) is 5.04. The molecule has 0 aliphatic carbocycles. The Bertz CT molecular complexity index is 247. The minimum atomic E-state index is -0.835. The van der Waals surface area contributed by atoms with Crippen LogP contribution in [-0.2, 0) is 9.59 Å². The molecule has 80 valence electrons. The summed E-state index contributed by atoms with van der Waals surface area (Å²) in [6.07, 6.45) is 0.576. The summed E-state index contributed by atoms with van der Waals surface area (Å²) in [6, 6.07) is -0.488. The Labute approximate surface area is 92.2 Å². The Hall–Kier alpha value is -0.200.